The molecule has 0 aromatic rings. The quantitative estimate of drug-likeness (QED) is 0.0962. The molecule has 0 N–H and O–H groups in total. The standard InChI is InChI=1S/C29H58O3/c1-3-5-7-9-11-13-14-15-16-17-18-20-22-24-26-28-32-29(30)31-27-25-23-21-19-12-10-8-6-4-2/h3-28H2,1-2H3. The zero-order chi connectivity index (χ0) is 23.4. The maximum absolute atomic E-state index is 11.6. The van der Waals surface area contributed by atoms with Gasteiger partial charge in [-0.25, -0.2) is 4.79 Å². The van der Waals surface area contributed by atoms with Gasteiger partial charge in [-0.15, -0.1) is 0 Å². The molecule has 0 spiro atoms. The summed E-state index contributed by atoms with van der Waals surface area (Å²) in [6.07, 6.45) is 31.2. The normalized spacial score (nSPS) is 11.1. The van der Waals surface area contributed by atoms with E-state index in [0.717, 1.165) is 25.7 Å². The summed E-state index contributed by atoms with van der Waals surface area (Å²) in [5.74, 6) is 0. The monoisotopic (exact) mass is 454 g/mol. The Bertz CT molecular complexity index is 356. The van der Waals surface area contributed by atoms with Gasteiger partial charge in [-0.3, -0.25) is 0 Å². The molecule has 0 rings (SSSR count). The molecule has 0 bridgehead atoms. The van der Waals surface area contributed by atoms with Gasteiger partial charge in [0.2, 0.25) is 0 Å². The average molecular weight is 455 g/mol. The van der Waals surface area contributed by atoms with E-state index in [4.69, 9.17) is 9.47 Å². The van der Waals surface area contributed by atoms with Gasteiger partial charge in [0.1, 0.15) is 0 Å². The van der Waals surface area contributed by atoms with Crippen LogP contribution in [0.5, 0.6) is 0 Å². The molecule has 0 aliphatic rings. The first-order valence-corrected chi connectivity index (χ1v) is 14.6. The number of hydrogen-bond donors (Lipinski definition) is 0. The van der Waals surface area contributed by atoms with E-state index in [2.05, 4.69) is 13.8 Å². The molecule has 0 aromatic heterocycles. The topological polar surface area (TPSA) is 35.5 Å². The van der Waals surface area contributed by atoms with Gasteiger partial charge < -0.3 is 9.47 Å². The lowest BCUT2D eigenvalue weighted by Crippen LogP contribution is -2.09. The highest BCUT2D eigenvalue weighted by molar-refractivity contribution is 5.59. The Balaban J connectivity index is 3.13. The van der Waals surface area contributed by atoms with Gasteiger partial charge in [0.25, 0.3) is 0 Å². The van der Waals surface area contributed by atoms with Gasteiger partial charge >= 0.3 is 6.16 Å². The summed E-state index contributed by atoms with van der Waals surface area (Å²) in [6.45, 7) is 5.55. The predicted molar refractivity (Wildman–Crippen MR) is 139 cm³/mol. The molecule has 0 heterocycles. The van der Waals surface area contributed by atoms with Crippen LogP contribution in [0, 0.1) is 0 Å². The summed E-state index contributed by atoms with van der Waals surface area (Å²) in [6, 6.07) is 0. The van der Waals surface area contributed by atoms with E-state index in [9.17, 15) is 4.79 Å². The van der Waals surface area contributed by atoms with Crippen molar-refractivity contribution in [3.8, 4) is 0 Å². The van der Waals surface area contributed by atoms with E-state index in [1.54, 1.807) is 0 Å². The number of unbranched alkanes of at least 4 members (excludes halogenated alkanes) is 22. The van der Waals surface area contributed by atoms with Crippen LogP contribution in [-0.2, 0) is 9.47 Å². The number of carbonyl (C=O) groups excluding carboxylic acids is 1. The molecular weight excluding hydrogens is 396 g/mol. The third kappa shape index (κ3) is 27.3. The van der Waals surface area contributed by atoms with Crippen molar-refractivity contribution in [3.63, 3.8) is 0 Å². The van der Waals surface area contributed by atoms with Crippen molar-refractivity contribution >= 4 is 6.16 Å². The summed E-state index contributed by atoms with van der Waals surface area (Å²) in [7, 11) is 0. The lowest BCUT2D eigenvalue weighted by molar-refractivity contribution is 0.0529. The molecule has 0 radical (unpaired) electrons. The molecule has 0 unspecified atom stereocenters. The Labute approximate surface area is 201 Å². The van der Waals surface area contributed by atoms with E-state index in [1.807, 2.05) is 0 Å². The van der Waals surface area contributed by atoms with E-state index in [-0.39, 0.29) is 0 Å². The second-order valence-electron chi connectivity index (χ2n) is 9.73. The molecule has 0 atom stereocenters. The highest BCUT2D eigenvalue weighted by Crippen LogP contribution is 2.13. The van der Waals surface area contributed by atoms with Crippen LogP contribution in [0.15, 0.2) is 0 Å². The van der Waals surface area contributed by atoms with Crippen molar-refractivity contribution in [2.75, 3.05) is 13.2 Å². The van der Waals surface area contributed by atoms with Crippen molar-refractivity contribution in [2.45, 2.75) is 168 Å². The minimum absolute atomic E-state index is 0.477. The van der Waals surface area contributed by atoms with Crippen LogP contribution in [0.2, 0.25) is 0 Å². The van der Waals surface area contributed by atoms with Crippen molar-refractivity contribution in [3.05, 3.63) is 0 Å². The Kier molecular flexibility index (Phi) is 27.7. The van der Waals surface area contributed by atoms with Gasteiger partial charge in [0, 0.05) is 0 Å². The first kappa shape index (κ1) is 31.3. The second-order valence-corrected chi connectivity index (χ2v) is 9.73. The maximum atomic E-state index is 11.6. The number of ether oxygens (including phenoxy) is 2. The van der Waals surface area contributed by atoms with E-state index < -0.39 is 6.16 Å². The minimum atomic E-state index is -0.477. The van der Waals surface area contributed by atoms with E-state index in [0.29, 0.717) is 13.2 Å². The minimum Gasteiger partial charge on any atom is -0.434 e. The highest BCUT2D eigenvalue weighted by atomic mass is 16.7. The lowest BCUT2D eigenvalue weighted by atomic mass is 10.0. The fourth-order valence-electron chi connectivity index (χ4n) is 4.24. The van der Waals surface area contributed by atoms with Crippen LogP contribution < -0.4 is 0 Å². The molecule has 0 aromatic carbocycles. The summed E-state index contributed by atoms with van der Waals surface area (Å²) in [4.78, 5) is 11.6. The molecule has 0 aliphatic heterocycles. The van der Waals surface area contributed by atoms with Crippen molar-refractivity contribution in [1.29, 1.82) is 0 Å². The molecule has 0 amide bonds. The van der Waals surface area contributed by atoms with Crippen molar-refractivity contribution in [1.82, 2.24) is 0 Å². The van der Waals surface area contributed by atoms with Gasteiger partial charge in [-0.2, -0.15) is 0 Å². The van der Waals surface area contributed by atoms with Gasteiger partial charge in [-0.05, 0) is 12.8 Å². The third-order valence-corrected chi connectivity index (χ3v) is 6.44. The van der Waals surface area contributed by atoms with Crippen LogP contribution in [0.3, 0.4) is 0 Å². The molecule has 3 heteroatoms. The highest BCUT2D eigenvalue weighted by Gasteiger charge is 2.03. The Hall–Kier alpha value is -0.730. The van der Waals surface area contributed by atoms with Gasteiger partial charge in [0.05, 0.1) is 13.2 Å². The molecule has 3 nitrogen and oxygen atoms in total. The first-order valence-electron chi connectivity index (χ1n) is 14.6. The van der Waals surface area contributed by atoms with Crippen LogP contribution >= 0.6 is 0 Å². The van der Waals surface area contributed by atoms with E-state index in [1.165, 1.54) is 128 Å². The zero-order valence-electron chi connectivity index (χ0n) is 22.1. The Morgan fingerprint density at radius 1 is 0.375 bits per heavy atom. The van der Waals surface area contributed by atoms with Crippen LogP contribution in [0.4, 0.5) is 4.79 Å². The zero-order valence-corrected chi connectivity index (χ0v) is 22.1. The van der Waals surface area contributed by atoms with Gasteiger partial charge in [-0.1, -0.05) is 155 Å². The maximum Gasteiger partial charge on any atom is 0.508 e. The van der Waals surface area contributed by atoms with Crippen LogP contribution in [0.1, 0.15) is 168 Å². The van der Waals surface area contributed by atoms with E-state index >= 15 is 0 Å². The molecular formula is C29H58O3. The summed E-state index contributed by atoms with van der Waals surface area (Å²) >= 11 is 0. The molecule has 0 aliphatic carbocycles. The number of rotatable bonds is 26. The smallest absolute Gasteiger partial charge is 0.434 e. The Morgan fingerprint density at radius 3 is 0.844 bits per heavy atom. The average Bonchev–Trinajstić information content (AvgIpc) is 2.80. The van der Waals surface area contributed by atoms with Crippen LogP contribution in [-0.4, -0.2) is 19.4 Å². The fourth-order valence-corrected chi connectivity index (χ4v) is 4.24. The third-order valence-electron chi connectivity index (χ3n) is 6.44. The molecule has 32 heavy (non-hydrogen) atoms. The SMILES string of the molecule is CCCCCCCCCCCCCCCCCOC(=O)OCCCCCCCCCCC. The van der Waals surface area contributed by atoms with Crippen molar-refractivity contribution < 1.29 is 14.3 Å². The van der Waals surface area contributed by atoms with Crippen LogP contribution in [0.25, 0.3) is 0 Å². The molecule has 0 fully saturated rings. The molecule has 0 saturated carbocycles. The lowest BCUT2D eigenvalue weighted by Gasteiger charge is -2.07. The Morgan fingerprint density at radius 2 is 0.594 bits per heavy atom. The van der Waals surface area contributed by atoms with Crippen molar-refractivity contribution in [2.24, 2.45) is 0 Å². The largest absolute Gasteiger partial charge is 0.508 e. The van der Waals surface area contributed by atoms with Gasteiger partial charge in [0.15, 0.2) is 0 Å². The molecule has 192 valence electrons. The summed E-state index contributed by atoms with van der Waals surface area (Å²) < 4.78 is 10.3. The predicted octanol–water partition coefficient (Wildman–Crippen LogP) is 10.5. The second kappa shape index (κ2) is 28.3. The fraction of sp³-hybridized carbons (Fsp3) is 0.966. The summed E-state index contributed by atoms with van der Waals surface area (Å²) in [5, 5.41) is 0. The summed E-state index contributed by atoms with van der Waals surface area (Å²) in [5.41, 5.74) is 0. The number of hydrogen-bond acceptors (Lipinski definition) is 3. The molecule has 0 saturated heterocycles. The number of carbonyl (C=O) groups is 1. The first-order chi connectivity index (χ1) is 15.8.